The topological polar surface area (TPSA) is 71.0 Å². The highest BCUT2D eigenvalue weighted by Crippen LogP contribution is 2.35. The van der Waals surface area contributed by atoms with E-state index < -0.39 is 0 Å². The van der Waals surface area contributed by atoms with Gasteiger partial charge in [0.05, 0.1) is 5.69 Å². The summed E-state index contributed by atoms with van der Waals surface area (Å²) >= 11 is 1.61. The second kappa shape index (κ2) is 5.95. The SMILES string of the molecule is O=C(c1cc(-c2ccsc2)n[nH]1)N1C[C@H]2C[C@@H](C1)c1cccc(=O)n1C2. The minimum atomic E-state index is -0.0135. The number of aromatic amines is 1. The minimum Gasteiger partial charge on any atom is -0.336 e. The Labute approximate surface area is 154 Å². The molecule has 1 fully saturated rings. The van der Waals surface area contributed by atoms with E-state index in [9.17, 15) is 9.59 Å². The van der Waals surface area contributed by atoms with Crippen molar-refractivity contribution in [3.05, 3.63) is 62.8 Å². The largest absolute Gasteiger partial charge is 0.336 e. The van der Waals surface area contributed by atoms with Crippen LogP contribution in [0.25, 0.3) is 11.3 Å². The molecule has 6 nitrogen and oxygen atoms in total. The summed E-state index contributed by atoms with van der Waals surface area (Å²) in [5, 5.41) is 11.2. The first-order chi connectivity index (χ1) is 12.7. The van der Waals surface area contributed by atoms with Crippen LogP contribution in [-0.4, -0.2) is 38.7 Å². The van der Waals surface area contributed by atoms with Gasteiger partial charge >= 0.3 is 0 Å². The summed E-state index contributed by atoms with van der Waals surface area (Å²) in [6.07, 6.45) is 1.04. The first-order valence-electron chi connectivity index (χ1n) is 8.76. The van der Waals surface area contributed by atoms with Crippen LogP contribution >= 0.6 is 11.3 Å². The van der Waals surface area contributed by atoms with Gasteiger partial charge in [-0.1, -0.05) is 6.07 Å². The Morgan fingerprint density at radius 3 is 3.00 bits per heavy atom. The van der Waals surface area contributed by atoms with Crippen LogP contribution in [0.3, 0.4) is 0 Å². The van der Waals surface area contributed by atoms with E-state index in [-0.39, 0.29) is 17.4 Å². The van der Waals surface area contributed by atoms with Crippen LogP contribution in [0.15, 0.2) is 45.9 Å². The molecule has 132 valence electrons. The van der Waals surface area contributed by atoms with Crippen LogP contribution < -0.4 is 5.56 Å². The number of rotatable bonds is 2. The molecule has 1 saturated heterocycles. The Morgan fingerprint density at radius 1 is 1.23 bits per heavy atom. The minimum absolute atomic E-state index is 0.0135. The highest BCUT2D eigenvalue weighted by Gasteiger charge is 2.36. The van der Waals surface area contributed by atoms with Gasteiger partial charge in [0.2, 0.25) is 0 Å². The normalized spacial score (nSPS) is 21.5. The molecular weight excluding hydrogens is 348 g/mol. The second-order valence-corrected chi connectivity index (χ2v) is 7.87. The molecule has 7 heteroatoms. The Morgan fingerprint density at radius 2 is 2.15 bits per heavy atom. The zero-order chi connectivity index (χ0) is 17.7. The number of pyridine rings is 1. The summed E-state index contributed by atoms with van der Waals surface area (Å²) in [5.74, 6) is 0.532. The Kier molecular flexibility index (Phi) is 3.56. The lowest BCUT2D eigenvalue weighted by molar-refractivity contribution is 0.0588. The van der Waals surface area contributed by atoms with E-state index in [1.54, 1.807) is 17.4 Å². The van der Waals surface area contributed by atoms with Crippen molar-refractivity contribution in [2.24, 2.45) is 5.92 Å². The predicted octanol–water partition coefficient (Wildman–Crippen LogP) is 2.56. The van der Waals surface area contributed by atoms with Crippen molar-refractivity contribution in [1.29, 1.82) is 0 Å². The maximum absolute atomic E-state index is 13.0. The van der Waals surface area contributed by atoms with Crippen LogP contribution in [-0.2, 0) is 6.54 Å². The van der Waals surface area contributed by atoms with Crippen molar-refractivity contribution in [2.75, 3.05) is 13.1 Å². The van der Waals surface area contributed by atoms with Crippen molar-refractivity contribution in [2.45, 2.75) is 18.9 Å². The zero-order valence-electron chi connectivity index (χ0n) is 14.1. The maximum atomic E-state index is 13.0. The van der Waals surface area contributed by atoms with E-state index in [1.165, 1.54) is 0 Å². The average molecular weight is 366 g/mol. The van der Waals surface area contributed by atoms with E-state index in [4.69, 9.17) is 0 Å². The molecule has 0 aromatic carbocycles. The fourth-order valence-electron chi connectivity index (χ4n) is 4.22. The quantitative estimate of drug-likeness (QED) is 0.758. The van der Waals surface area contributed by atoms with Crippen LogP contribution in [0.2, 0.25) is 0 Å². The lowest BCUT2D eigenvalue weighted by atomic mass is 9.83. The molecule has 0 saturated carbocycles. The molecule has 0 unspecified atom stereocenters. The number of H-pyrrole nitrogens is 1. The van der Waals surface area contributed by atoms with Gasteiger partial charge in [-0.15, -0.1) is 0 Å². The van der Waals surface area contributed by atoms with Gasteiger partial charge in [0.15, 0.2) is 0 Å². The smallest absolute Gasteiger partial charge is 0.271 e. The molecule has 2 atom stereocenters. The van der Waals surface area contributed by atoms with E-state index in [0.717, 1.165) is 23.4 Å². The Hall–Kier alpha value is -2.67. The third kappa shape index (κ3) is 2.50. The number of carbonyl (C=O) groups excluding carboxylic acids is 1. The third-order valence-electron chi connectivity index (χ3n) is 5.39. The number of amides is 1. The van der Waals surface area contributed by atoms with Crippen LogP contribution in [0.5, 0.6) is 0 Å². The maximum Gasteiger partial charge on any atom is 0.271 e. The van der Waals surface area contributed by atoms with E-state index in [1.807, 2.05) is 44.5 Å². The predicted molar refractivity (Wildman–Crippen MR) is 99.4 cm³/mol. The number of likely N-dealkylation sites (tertiary alicyclic amines) is 1. The van der Waals surface area contributed by atoms with Gasteiger partial charge in [-0.3, -0.25) is 14.7 Å². The van der Waals surface area contributed by atoms with Crippen molar-refractivity contribution in [3.8, 4) is 11.3 Å². The number of fused-ring (bicyclic) bond motifs is 4. The van der Waals surface area contributed by atoms with Gasteiger partial charge < -0.3 is 9.47 Å². The van der Waals surface area contributed by atoms with Gasteiger partial charge in [0.1, 0.15) is 5.69 Å². The number of hydrogen-bond donors (Lipinski definition) is 1. The summed E-state index contributed by atoms with van der Waals surface area (Å²) in [5.41, 5.74) is 3.45. The van der Waals surface area contributed by atoms with E-state index in [2.05, 4.69) is 10.2 Å². The van der Waals surface area contributed by atoms with Crippen molar-refractivity contribution < 1.29 is 4.79 Å². The molecule has 1 N–H and O–H groups in total. The molecule has 2 aliphatic heterocycles. The van der Waals surface area contributed by atoms with E-state index in [0.29, 0.717) is 31.2 Å². The van der Waals surface area contributed by atoms with Crippen molar-refractivity contribution >= 4 is 17.2 Å². The summed E-state index contributed by atoms with van der Waals surface area (Å²) in [6.45, 7) is 2.02. The molecule has 26 heavy (non-hydrogen) atoms. The Balaban J connectivity index is 1.41. The summed E-state index contributed by atoms with van der Waals surface area (Å²) in [4.78, 5) is 27.0. The summed E-state index contributed by atoms with van der Waals surface area (Å²) < 4.78 is 1.88. The van der Waals surface area contributed by atoms with Crippen LogP contribution in [0, 0.1) is 5.92 Å². The number of carbonyl (C=O) groups is 1. The molecule has 1 amide bonds. The molecule has 2 bridgehead atoms. The number of aromatic nitrogens is 3. The van der Waals surface area contributed by atoms with Gasteiger partial charge in [0, 0.05) is 48.3 Å². The van der Waals surface area contributed by atoms with E-state index >= 15 is 0 Å². The molecule has 3 aromatic heterocycles. The van der Waals surface area contributed by atoms with Crippen LogP contribution in [0.4, 0.5) is 0 Å². The molecular formula is C19H18N4O2S. The molecule has 3 aromatic rings. The van der Waals surface area contributed by atoms with Gasteiger partial charge in [-0.25, -0.2) is 0 Å². The Bertz CT molecular complexity index is 1020. The molecule has 0 spiro atoms. The second-order valence-electron chi connectivity index (χ2n) is 7.09. The molecule has 5 rings (SSSR count). The lowest BCUT2D eigenvalue weighted by Crippen LogP contribution is -2.49. The van der Waals surface area contributed by atoms with Gasteiger partial charge in [-0.05, 0) is 35.9 Å². The average Bonchev–Trinajstić information content (AvgIpc) is 3.33. The lowest BCUT2D eigenvalue weighted by Gasteiger charge is -2.42. The molecule has 2 aliphatic rings. The monoisotopic (exact) mass is 366 g/mol. The highest BCUT2D eigenvalue weighted by molar-refractivity contribution is 7.08. The first kappa shape index (κ1) is 15.6. The zero-order valence-corrected chi connectivity index (χ0v) is 14.9. The fourth-order valence-corrected chi connectivity index (χ4v) is 4.87. The number of hydrogen-bond acceptors (Lipinski definition) is 4. The fraction of sp³-hybridized carbons (Fsp3) is 0.316. The third-order valence-corrected chi connectivity index (χ3v) is 6.08. The molecule has 5 heterocycles. The molecule has 0 radical (unpaired) electrons. The highest BCUT2D eigenvalue weighted by atomic mass is 32.1. The summed E-state index contributed by atoms with van der Waals surface area (Å²) in [7, 11) is 0. The van der Waals surface area contributed by atoms with Gasteiger partial charge in [-0.2, -0.15) is 16.4 Å². The first-order valence-corrected chi connectivity index (χ1v) is 9.70. The van der Waals surface area contributed by atoms with Crippen molar-refractivity contribution in [1.82, 2.24) is 19.7 Å². The number of thiophene rings is 1. The number of nitrogens with one attached hydrogen (secondary N) is 1. The standard InChI is InChI=1S/C19H18N4O2S/c24-18-3-1-2-17-14-6-12(9-23(17)18)8-22(10-14)19(25)16-7-15(20-21-16)13-4-5-26-11-13/h1-5,7,11-12,14H,6,8-10H2,(H,20,21)/t12-,14+/m1/s1. The number of nitrogens with zero attached hydrogens (tertiary/aromatic N) is 3. The van der Waals surface area contributed by atoms with Gasteiger partial charge in [0.25, 0.3) is 11.5 Å². The number of piperidine rings is 1. The van der Waals surface area contributed by atoms with Crippen molar-refractivity contribution in [3.63, 3.8) is 0 Å². The van der Waals surface area contributed by atoms with Crippen LogP contribution in [0.1, 0.15) is 28.5 Å². The molecule has 0 aliphatic carbocycles. The summed E-state index contributed by atoms with van der Waals surface area (Å²) in [6, 6.07) is 9.27.